The molecule has 4 aliphatic rings. The van der Waals surface area contributed by atoms with Crippen LogP contribution < -0.4 is 15.8 Å². The van der Waals surface area contributed by atoms with Crippen LogP contribution in [0.2, 0.25) is 0 Å². The maximum absolute atomic E-state index is 12.7. The van der Waals surface area contributed by atoms with E-state index in [4.69, 9.17) is 20.7 Å². The molecule has 0 spiro atoms. The molecule has 0 saturated carbocycles. The van der Waals surface area contributed by atoms with Crippen LogP contribution >= 0.6 is 0 Å². The number of fused-ring (bicyclic) bond motifs is 1. The summed E-state index contributed by atoms with van der Waals surface area (Å²) < 4.78 is 7.99. The molecule has 0 bridgehead atoms. The number of rotatable bonds is 8. The van der Waals surface area contributed by atoms with Gasteiger partial charge in [-0.25, -0.2) is 9.48 Å². The number of carbonyl (C=O) groups excluding carboxylic acids is 1. The summed E-state index contributed by atoms with van der Waals surface area (Å²) in [5.74, 6) is 2.70. The summed E-state index contributed by atoms with van der Waals surface area (Å²) in [6, 6.07) is 18.1. The molecule has 0 unspecified atom stereocenters. The van der Waals surface area contributed by atoms with E-state index in [2.05, 4.69) is 15.1 Å². The normalized spacial score (nSPS) is 21.9. The van der Waals surface area contributed by atoms with Crippen molar-refractivity contribution in [2.75, 3.05) is 57.7 Å². The van der Waals surface area contributed by atoms with Gasteiger partial charge >= 0.3 is 6.09 Å². The zero-order valence-corrected chi connectivity index (χ0v) is 24.3. The average molecular weight is 586 g/mol. The van der Waals surface area contributed by atoms with Crippen LogP contribution in [0.4, 0.5) is 10.6 Å². The molecule has 43 heavy (non-hydrogen) atoms. The highest BCUT2D eigenvalue weighted by molar-refractivity contribution is 6.03. The van der Waals surface area contributed by atoms with Gasteiger partial charge in [0.2, 0.25) is 0 Å². The molecule has 226 valence electrons. The molecule has 11 heteroatoms. The number of nitrogens with zero attached hydrogens (tertiary/aromatic N) is 5. The summed E-state index contributed by atoms with van der Waals surface area (Å²) in [6.07, 6.45) is 2.36. The first-order valence-corrected chi connectivity index (χ1v) is 15.4. The Bertz CT molecular complexity index is 1460. The van der Waals surface area contributed by atoms with Gasteiger partial charge in [0.25, 0.3) is 5.91 Å². The third-order valence-electron chi connectivity index (χ3n) is 9.63. The lowest BCUT2D eigenvalue weighted by atomic mass is 9.85. The van der Waals surface area contributed by atoms with Gasteiger partial charge in [-0.2, -0.15) is 5.10 Å². The highest BCUT2D eigenvalue weighted by Gasteiger charge is 2.40. The van der Waals surface area contributed by atoms with Gasteiger partial charge in [0.05, 0.1) is 6.04 Å². The van der Waals surface area contributed by atoms with Crippen molar-refractivity contribution in [1.29, 1.82) is 0 Å². The summed E-state index contributed by atoms with van der Waals surface area (Å²) in [7, 11) is 0. The van der Waals surface area contributed by atoms with Gasteiger partial charge < -0.3 is 25.8 Å². The number of hydrogen-bond donors (Lipinski definition) is 3. The molecule has 3 aromatic rings. The van der Waals surface area contributed by atoms with Gasteiger partial charge in [-0.1, -0.05) is 18.2 Å². The molecule has 5 heterocycles. The molecule has 1 aromatic heterocycles. The largest absolute Gasteiger partial charge is 0.465 e. The van der Waals surface area contributed by atoms with Gasteiger partial charge in [-0.15, -0.1) is 0 Å². The van der Waals surface area contributed by atoms with E-state index in [0.717, 1.165) is 75.7 Å². The lowest BCUT2D eigenvalue weighted by Crippen LogP contribution is -2.63. The minimum absolute atomic E-state index is 0.222. The number of benzene rings is 2. The Labute approximate surface area is 251 Å². The Morgan fingerprint density at radius 3 is 2.33 bits per heavy atom. The van der Waals surface area contributed by atoms with Gasteiger partial charge in [-0.3, -0.25) is 14.6 Å². The first-order valence-electron chi connectivity index (χ1n) is 15.4. The molecule has 3 fully saturated rings. The fraction of sp³-hybridized carbons (Fsp3) is 0.469. The maximum Gasteiger partial charge on any atom is 0.407 e. The molecular formula is C32H39N7O4. The number of carboxylic acid groups (broad SMARTS) is 1. The van der Waals surface area contributed by atoms with Crippen molar-refractivity contribution in [3.63, 3.8) is 0 Å². The van der Waals surface area contributed by atoms with E-state index in [1.54, 1.807) is 0 Å². The van der Waals surface area contributed by atoms with E-state index in [-0.39, 0.29) is 6.04 Å². The van der Waals surface area contributed by atoms with Crippen molar-refractivity contribution in [2.24, 2.45) is 17.6 Å². The highest BCUT2D eigenvalue weighted by Crippen LogP contribution is 2.40. The third kappa shape index (κ3) is 5.54. The van der Waals surface area contributed by atoms with E-state index in [9.17, 15) is 9.59 Å². The SMILES string of the molecule is NC(=O)c1c(-c2ccc(Oc3ccccc3)cc2)nn2c1NCC[C@H]2C1CCN(C2CN(CC3CN(C(=O)O)C3)C2)CC1. The van der Waals surface area contributed by atoms with Crippen LogP contribution in [-0.4, -0.2) is 100.0 Å². The van der Waals surface area contributed by atoms with E-state index < -0.39 is 12.0 Å². The quantitative estimate of drug-likeness (QED) is 0.364. The first kappa shape index (κ1) is 27.7. The Morgan fingerprint density at radius 2 is 1.65 bits per heavy atom. The number of anilines is 1. The topological polar surface area (TPSA) is 129 Å². The molecule has 2 amide bonds. The number of amides is 2. The lowest BCUT2D eigenvalue weighted by Gasteiger charge is -2.50. The Balaban J connectivity index is 0.987. The molecule has 0 aliphatic carbocycles. The smallest absolute Gasteiger partial charge is 0.407 e. The van der Waals surface area contributed by atoms with Gasteiger partial charge in [0.15, 0.2) is 0 Å². The number of nitrogens with two attached hydrogens (primary N) is 1. The molecule has 0 radical (unpaired) electrons. The second kappa shape index (κ2) is 11.5. The highest BCUT2D eigenvalue weighted by atomic mass is 16.5. The van der Waals surface area contributed by atoms with Crippen LogP contribution in [0.15, 0.2) is 54.6 Å². The van der Waals surface area contributed by atoms with Crippen molar-refractivity contribution >= 4 is 17.8 Å². The second-order valence-electron chi connectivity index (χ2n) is 12.4. The Hall–Kier alpha value is -4.09. The maximum atomic E-state index is 12.7. The number of piperidine rings is 1. The first-order chi connectivity index (χ1) is 20.9. The minimum atomic E-state index is -0.804. The molecule has 2 aromatic carbocycles. The fourth-order valence-corrected chi connectivity index (χ4v) is 7.28. The second-order valence-corrected chi connectivity index (χ2v) is 12.4. The summed E-state index contributed by atoms with van der Waals surface area (Å²) >= 11 is 0. The number of para-hydroxylation sites is 1. The van der Waals surface area contributed by atoms with Gasteiger partial charge in [-0.05, 0) is 74.7 Å². The molecular weight excluding hydrogens is 546 g/mol. The standard InChI is InChI=1S/C32H39N7O4/c33-30(40)28-29(23-6-8-26(9-7-23)43-25-4-2-1-3-5-25)35-39-27(10-13-34-31(28)39)22-11-14-37(15-12-22)24-19-36(20-24)16-21-17-38(18-21)32(41)42/h1-9,21-22,24,27,34H,10-20H2,(H2,33,40)(H,41,42)/t27-/m0/s1. The average Bonchev–Trinajstić information content (AvgIpc) is 3.37. The summed E-state index contributed by atoms with van der Waals surface area (Å²) in [5.41, 5.74) is 7.82. The number of nitrogens with one attached hydrogen (secondary N) is 1. The van der Waals surface area contributed by atoms with E-state index in [1.165, 1.54) is 4.90 Å². The molecule has 4 N–H and O–H groups in total. The van der Waals surface area contributed by atoms with Crippen molar-refractivity contribution in [3.05, 3.63) is 60.2 Å². The summed E-state index contributed by atoms with van der Waals surface area (Å²) in [5, 5.41) is 17.5. The van der Waals surface area contributed by atoms with E-state index in [1.807, 2.05) is 59.3 Å². The minimum Gasteiger partial charge on any atom is -0.465 e. The predicted molar refractivity (Wildman–Crippen MR) is 162 cm³/mol. The van der Waals surface area contributed by atoms with Crippen molar-refractivity contribution < 1.29 is 19.4 Å². The summed E-state index contributed by atoms with van der Waals surface area (Å²) in [6.45, 7) is 7.41. The van der Waals surface area contributed by atoms with Gasteiger partial charge in [0, 0.05) is 56.8 Å². The number of aromatic nitrogens is 2. The van der Waals surface area contributed by atoms with Crippen LogP contribution in [-0.2, 0) is 0 Å². The lowest BCUT2D eigenvalue weighted by molar-refractivity contribution is -0.0163. The van der Waals surface area contributed by atoms with Crippen LogP contribution in [0.1, 0.15) is 35.7 Å². The Morgan fingerprint density at radius 1 is 0.953 bits per heavy atom. The van der Waals surface area contributed by atoms with Crippen LogP contribution in [0.3, 0.4) is 0 Å². The zero-order valence-electron chi connectivity index (χ0n) is 24.3. The number of primary amides is 1. The molecule has 7 rings (SSSR count). The Kier molecular flexibility index (Phi) is 7.44. The van der Waals surface area contributed by atoms with Crippen LogP contribution in [0.5, 0.6) is 11.5 Å². The van der Waals surface area contributed by atoms with Crippen LogP contribution in [0, 0.1) is 11.8 Å². The molecule has 4 aliphatic heterocycles. The molecule has 1 atom stereocenters. The number of carbonyl (C=O) groups is 2. The molecule has 3 saturated heterocycles. The van der Waals surface area contributed by atoms with Crippen molar-refractivity contribution in [3.8, 4) is 22.8 Å². The number of ether oxygens (including phenoxy) is 1. The fourth-order valence-electron chi connectivity index (χ4n) is 7.28. The van der Waals surface area contributed by atoms with E-state index in [0.29, 0.717) is 48.0 Å². The van der Waals surface area contributed by atoms with E-state index >= 15 is 0 Å². The monoisotopic (exact) mass is 585 g/mol. The van der Waals surface area contributed by atoms with Crippen molar-refractivity contribution in [2.45, 2.75) is 31.3 Å². The van der Waals surface area contributed by atoms with Crippen LogP contribution in [0.25, 0.3) is 11.3 Å². The third-order valence-corrected chi connectivity index (χ3v) is 9.63. The predicted octanol–water partition coefficient (Wildman–Crippen LogP) is 3.80. The number of likely N-dealkylation sites (tertiary alicyclic amines) is 3. The van der Waals surface area contributed by atoms with Gasteiger partial charge in [0.1, 0.15) is 28.6 Å². The molecule has 11 nitrogen and oxygen atoms in total. The zero-order chi connectivity index (χ0) is 29.5. The summed E-state index contributed by atoms with van der Waals surface area (Å²) in [4.78, 5) is 30.3. The van der Waals surface area contributed by atoms with Crippen molar-refractivity contribution in [1.82, 2.24) is 24.5 Å². The number of hydrogen-bond acceptors (Lipinski definition) is 7.